The molecule has 2 rings (SSSR count). The quantitative estimate of drug-likeness (QED) is 0.791. The smallest absolute Gasteiger partial charge is 0.259 e. The molecular formula is C19H21ClN2O3. The van der Waals surface area contributed by atoms with Crippen molar-refractivity contribution in [3.05, 3.63) is 53.1 Å². The van der Waals surface area contributed by atoms with Crippen LogP contribution < -0.4 is 15.4 Å². The maximum atomic E-state index is 12.4. The average molecular weight is 361 g/mol. The SMILES string of the molecule is COc1ccc(Cl)cc1C(=O)Nc1ccc(NC(=O)CC(C)C)cc1. The number of methoxy groups -OCH3 is 1. The van der Waals surface area contributed by atoms with Gasteiger partial charge in [0.2, 0.25) is 5.91 Å². The second-order valence-electron chi connectivity index (χ2n) is 6.02. The van der Waals surface area contributed by atoms with E-state index in [-0.39, 0.29) is 11.8 Å². The molecule has 0 aliphatic rings. The van der Waals surface area contributed by atoms with Gasteiger partial charge >= 0.3 is 0 Å². The lowest BCUT2D eigenvalue weighted by molar-refractivity contribution is -0.116. The van der Waals surface area contributed by atoms with Crippen LogP contribution in [0.25, 0.3) is 0 Å². The van der Waals surface area contributed by atoms with E-state index in [1.54, 1.807) is 42.5 Å². The van der Waals surface area contributed by atoms with Gasteiger partial charge in [0.15, 0.2) is 0 Å². The second kappa shape index (κ2) is 8.53. The lowest BCUT2D eigenvalue weighted by atomic mass is 10.1. The molecule has 5 nitrogen and oxygen atoms in total. The predicted octanol–water partition coefficient (Wildman–Crippen LogP) is 4.59. The molecule has 0 aliphatic heterocycles. The van der Waals surface area contributed by atoms with Gasteiger partial charge in [-0.15, -0.1) is 0 Å². The lowest BCUT2D eigenvalue weighted by Crippen LogP contribution is -2.14. The van der Waals surface area contributed by atoms with Gasteiger partial charge < -0.3 is 15.4 Å². The fourth-order valence-electron chi connectivity index (χ4n) is 2.28. The minimum Gasteiger partial charge on any atom is -0.496 e. The Bertz CT molecular complexity index is 758. The van der Waals surface area contributed by atoms with Crippen molar-refractivity contribution in [2.75, 3.05) is 17.7 Å². The number of carbonyl (C=O) groups excluding carboxylic acids is 2. The molecule has 0 unspecified atom stereocenters. The summed E-state index contributed by atoms with van der Waals surface area (Å²) in [6, 6.07) is 11.8. The molecule has 6 heteroatoms. The molecule has 2 amide bonds. The van der Waals surface area contributed by atoms with Gasteiger partial charge in [0, 0.05) is 22.8 Å². The number of halogens is 1. The van der Waals surface area contributed by atoms with E-state index in [1.807, 2.05) is 13.8 Å². The molecule has 0 fully saturated rings. The number of rotatable bonds is 6. The minimum absolute atomic E-state index is 0.0320. The highest BCUT2D eigenvalue weighted by atomic mass is 35.5. The van der Waals surface area contributed by atoms with Crippen molar-refractivity contribution in [1.82, 2.24) is 0 Å². The maximum absolute atomic E-state index is 12.4. The standard InChI is InChI=1S/C19H21ClN2O3/c1-12(2)10-18(23)21-14-5-7-15(8-6-14)22-19(24)16-11-13(20)4-9-17(16)25-3/h4-9,11-12H,10H2,1-3H3,(H,21,23)(H,22,24). The number of anilines is 2. The molecule has 0 saturated carbocycles. The molecule has 0 aromatic heterocycles. The molecule has 0 bridgehead atoms. The van der Waals surface area contributed by atoms with Crippen LogP contribution in [-0.2, 0) is 4.79 Å². The van der Waals surface area contributed by atoms with Crippen LogP contribution in [-0.4, -0.2) is 18.9 Å². The summed E-state index contributed by atoms with van der Waals surface area (Å²) in [5.74, 6) is 0.386. The van der Waals surface area contributed by atoms with E-state index >= 15 is 0 Å². The molecule has 25 heavy (non-hydrogen) atoms. The van der Waals surface area contributed by atoms with Gasteiger partial charge in [-0.2, -0.15) is 0 Å². The molecule has 0 spiro atoms. The van der Waals surface area contributed by atoms with Crippen molar-refractivity contribution in [2.45, 2.75) is 20.3 Å². The molecule has 0 radical (unpaired) electrons. The van der Waals surface area contributed by atoms with Crippen LogP contribution in [0.5, 0.6) is 5.75 Å². The number of hydrogen-bond donors (Lipinski definition) is 2. The maximum Gasteiger partial charge on any atom is 0.259 e. The molecule has 2 aromatic rings. The van der Waals surface area contributed by atoms with Crippen molar-refractivity contribution in [3.8, 4) is 5.75 Å². The second-order valence-corrected chi connectivity index (χ2v) is 6.46. The molecule has 0 aliphatic carbocycles. The Morgan fingerprint density at radius 1 is 1.04 bits per heavy atom. The van der Waals surface area contributed by atoms with E-state index in [2.05, 4.69) is 10.6 Å². The minimum atomic E-state index is -0.323. The summed E-state index contributed by atoms with van der Waals surface area (Å²) in [5.41, 5.74) is 1.64. The van der Waals surface area contributed by atoms with Crippen LogP contribution in [0, 0.1) is 5.92 Å². The number of amides is 2. The first-order chi connectivity index (χ1) is 11.9. The Balaban J connectivity index is 2.05. The summed E-state index contributed by atoms with van der Waals surface area (Å²) in [6.07, 6.45) is 0.465. The molecule has 0 atom stereocenters. The normalized spacial score (nSPS) is 10.4. The third-order valence-corrected chi connectivity index (χ3v) is 3.66. The predicted molar refractivity (Wildman–Crippen MR) is 100 cm³/mol. The zero-order valence-corrected chi connectivity index (χ0v) is 15.2. The molecule has 2 N–H and O–H groups in total. The Labute approximate surface area is 152 Å². The first-order valence-corrected chi connectivity index (χ1v) is 8.31. The Hall–Kier alpha value is -2.53. The zero-order valence-electron chi connectivity index (χ0n) is 14.4. The fraction of sp³-hybridized carbons (Fsp3) is 0.263. The van der Waals surface area contributed by atoms with Gasteiger partial charge in [0.25, 0.3) is 5.91 Å². The Morgan fingerprint density at radius 3 is 2.20 bits per heavy atom. The topological polar surface area (TPSA) is 67.4 Å². The van der Waals surface area contributed by atoms with Gasteiger partial charge in [-0.05, 0) is 48.4 Å². The molecular weight excluding hydrogens is 340 g/mol. The third kappa shape index (κ3) is 5.50. The summed E-state index contributed by atoms with van der Waals surface area (Å²) in [6.45, 7) is 3.98. The molecule has 132 valence electrons. The van der Waals surface area contributed by atoms with Crippen molar-refractivity contribution >= 4 is 34.8 Å². The highest BCUT2D eigenvalue weighted by Crippen LogP contribution is 2.24. The van der Waals surface area contributed by atoms with E-state index in [0.717, 1.165) is 0 Å². The number of benzene rings is 2. The largest absolute Gasteiger partial charge is 0.496 e. The summed E-state index contributed by atoms with van der Waals surface area (Å²) >= 11 is 5.95. The summed E-state index contributed by atoms with van der Waals surface area (Å²) in [5, 5.41) is 6.06. The van der Waals surface area contributed by atoms with E-state index in [1.165, 1.54) is 7.11 Å². The Morgan fingerprint density at radius 2 is 1.64 bits per heavy atom. The summed E-state index contributed by atoms with van der Waals surface area (Å²) in [7, 11) is 1.49. The highest BCUT2D eigenvalue weighted by Gasteiger charge is 2.13. The molecule has 0 heterocycles. The van der Waals surface area contributed by atoms with E-state index in [4.69, 9.17) is 16.3 Å². The third-order valence-electron chi connectivity index (χ3n) is 3.43. The van der Waals surface area contributed by atoms with Crippen molar-refractivity contribution in [1.29, 1.82) is 0 Å². The van der Waals surface area contributed by atoms with Gasteiger partial charge in [-0.25, -0.2) is 0 Å². The number of hydrogen-bond acceptors (Lipinski definition) is 3. The van der Waals surface area contributed by atoms with E-state index in [0.29, 0.717) is 40.0 Å². The van der Waals surface area contributed by atoms with Crippen LogP contribution in [0.3, 0.4) is 0 Å². The first-order valence-electron chi connectivity index (χ1n) is 7.94. The van der Waals surface area contributed by atoms with Crippen molar-refractivity contribution in [3.63, 3.8) is 0 Å². The van der Waals surface area contributed by atoms with Gasteiger partial charge in [-0.3, -0.25) is 9.59 Å². The van der Waals surface area contributed by atoms with E-state index in [9.17, 15) is 9.59 Å². The van der Waals surface area contributed by atoms with Crippen LogP contribution >= 0.6 is 11.6 Å². The van der Waals surface area contributed by atoms with Crippen LogP contribution in [0.2, 0.25) is 5.02 Å². The van der Waals surface area contributed by atoms with Crippen LogP contribution in [0.1, 0.15) is 30.6 Å². The number of ether oxygens (including phenoxy) is 1. The Kier molecular flexibility index (Phi) is 6.42. The molecule has 0 saturated heterocycles. The highest BCUT2D eigenvalue weighted by molar-refractivity contribution is 6.31. The van der Waals surface area contributed by atoms with Crippen LogP contribution in [0.4, 0.5) is 11.4 Å². The fourth-order valence-corrected chi connectivity index (χ4v) is 2.45. The monoisotopic (exact) mass is 360 g/mol. The van der Waals surface area contributed by atoms with Gasteiger partial charge in [0.1, 0.15) is 5.75 Å². The first kappa shape index (κ1) is 18.8. The summed E-state index contributed by atoms with van der Waals surface area (Å²) in [4.78, 5) is 24.2. The zero-order chi connectivity index (χ0) is 18.4. The lowest BCUT2D eigenvalue weighted by Gasteiger charge is -2.11. The van der Waals surface area contributed by atoms with Crippen LogP contribution in [0.15, 0.2) is 42.5 Å². The van der Waals surface area contributed by atoms with Crippen molar-refractivity contribution < 1.29 is 14.3 Å². The number of nitrogens with one attached hydrogen (secondary N) is 2. The molecule has 2 aromatic carbocycles. The van der Waals surface area contributed by atoms with E-state index < -0.39 is 0 Å². The average Bonchev–Trinajstić information content (AvgIpc) is 2.55. The van der Waals surface area contributed by atoms with Gasteiger partial charge in [0.05, 0.1) is 12.7 Å². The van der Waals surface area contributed by atoms with Gasteiger partial charge in [-0.1, -0.05) is 25.4 Å². The van der Waals surface area contributed by atoms with Crippen molar-refractivity contribution in [2.24, 2.45) is 5.92 Å². The number of carbonyl (C=O) groups is 2. The summed E-state index contributed by atoms with van der Waals surface area (Å²) < 4.78 is 5.19.